The average Bonchev–Trinajstić information content (AvgIpc) is 2.31. The SMILES string of the molecule is C[Si]1(C)Oc2ccncc2Cc2cnccc2O1. The highest BCUT2D eigenvalue weighted by Crippen LogP contribution is 2.31. The van der Waals surface area contributed by atoms with Crippen LogP contribution in [0.15, 0.2) is 36.9 Å². The molecule has 3 rings (SSSR count). The van der Waals surface area contributed by atoms with Crippen molar-refractivity contribution in [1.82, 2.24) is 9.97 Å². The van der Waals surface area contributed by atoms with Crippen LogP contribution in [0, 0.1) is 0 Å². The molecule has 0 spiro atoms. The van der Waals surface area contributed by atoms with Gasteiger partial charge in [0.25, 0.3) is 0 Å². The number of nitrogens with zero attached hydrogens (tertiary/aromatic N) is 2. The van der Waals surface area contributed by atoms with Gasteiger partial charge in [0.05, 0.1) is 0 Å². The zero-order valence-corrected chi connectivity index (χ0v) is 11.4. The first kappa shape index (κ1) is 11.2. The molecule has 0 atom stereocenters. The maximum Gasteiger partial charge on any atom is 0.454 e. The summed E-state index contributed by atoms with van der Waals surface area (Å²) in [7, 11) is -2.23. The number of hydrogen-bond acceptors (Lipinski definition) is 4. The molecular weight excluding hydrogens is 244 g/mol. The quantitative estimate of drug-likeness (QED) is 0.681. The lowest BCUT2D eigenvalue weighted by atomic mass is 10.1. The Balaban J connectivity index is 2.14. The summed E-state index contributed by atoms with van der Waals surface area (Å²) in [4.78, 5) is 8.33. The van der Waals surface area contributed by atoms with Crippen LogP contribution in [0.4, 0.5) is 0 Å². The van der Waals surface area contributed by atoms with Gasteiger partial charge >= 0.3 is 8.56 Å². The maximum absolute atomic E-state index is 6.04. The van der Waals surface area contributed by atoms with Crippen LogP contribution in [0.1, 0.15) is 11.1 Å². The summed E-state index contributed by atoms with van der Waals surface area (Å²) in [5, 5.41) is 0. The summed E-state index contributed by atoms with van der Waals surface area (Å²) in [6.07, 6.45) is 7.92. The molecule has 0 aliphatic carbocycles. The molecule has 1 aliphatic heterocycles. The van der Waals surface area contributed by atoms with E-state index in [0.717, 1.165) is 29.0 Å². The van der Waals surface area contributed by atoms with Crippen molar-refractivity contribution in [2.75, 3.05) is 0 Å². The molecule has 2 aromatic rings. The predicted molar refractivity (Wildman–Crippen MR) is 70.0 cm³/mol. The number of rotatable bonds is 0. The topological polar surface area (TPSA) is 44.2 Å². The first-order valence-corrected chi connectivity index (χ1v) is 8.69. The van der Waals surface area contributed by atoms with E-state index in [2.05, 4.69) is 9.97 Å². The lowest BCUT2D eigenvalue weighted by molar-refractivity contribution is 0.389. The van der Waals surface area contributed by atoms with E-state index in [1.807, 2.05) is 37.6 Å². The van der Waals surface area contributed by atoms with Gasteiger partial charge in [-0.25, -0.2) is 0 Å². The molecule has 3 heterocycles. The highest BCUT2D eigenvalue weighted by atomic mass is 28.4. The van der Waals surface area contributed by atoms with E-state index in [9.17, 15) is 0 Å². The van der Waals surface area contributed by atoms with Crippen LogP contribution in [-0.4, -0.2) is 18.5 Å². The van der Waals surface area contributed by atoms with E-state index in [4.69, 9.17) is 8.85 Å². The van der Waals surface area contributed by atoms with Gasteiger partial charge in [-0.1, -0.05) is 0 Å². The molecule has 4 nitrogen and oxygen atoms in total. The first-order valence-electron chi connectivity index (χ1n) is 5.88. The van der Waals surface area contributed by atoms with E-state index >= 15 is 0 Å². The minimum absolute atomic E-state index is 0.733. The summed E-state index contributed by atoms with van der Waals surface area (Å²) >= 11 is 0. The first-order chi connectivity index (χ1) is 8.64. The molecule has 5 heteroatoms. The molecule has 18 heavy (non-hydrogen) atoms. The molecule has 0 fully saturated rings. The smallest absolute Gasteiger partial charge is 0.454 e. The molecule has 0 N–H and O–H groups in total. The van der Waals surface area contributed by atoms with Crippen LogP contribution in [0.3, 0.4) is 0 Å². The van der Waals surface area contributed by atoms with Gasteiger partial charge in [-0.2, -0.15) is 0 Å². The van der Waals surface area contributed by atoms with Gasteiger partial charge in [-0.15, -0.1) is 0 Å². The van der Waals surface area contributed by atoms with Gasteiger partial charge in [0.15, 0.2) is 0 Å². The third-order valence-corrected chi connectivity index (χ3v) is 4.23. The van der Waals surface area contributed by atoms with E-state index in [1.165, 1.54) is 0 Å². The third-order valence-electron chi connectivity index (χ3n) is 2.81. The molecule has 0 unspecified atom stereocenters. The lowest BCUT2D eigenvalue weighted by Crippen LogP contribution is -2.43. The fourth-order valence-corrected chi connectivity index (χ4v) is 3.55. The summed E-state index contributed by atoms with van der Waals surface area (Å²) in [5.41, 5.74) is 2.16. The van der Waals surface area contributed by atoms with E-state index < -0.39 is 8.56 Å². The van der Waals surface area contributed by atoms with Crippen LogP contribution >= 0.6 is 0 Å². The van der Waals surface area contributed by atoms with Crippen molar-refractivity contribution in [3.8, 4) is 11.5 Å². The van der Waals surface area contributed by atoms with Gasteiger partial charge < -0.3 is 8.85 Å². The normalized spacial score (nSPS) is 16.3. The zero-order valence-electron chi connectivity index (χ0n) is 10.4. The van der Waals surface area contributed by atoms with E-state index in [-0.39, 0.29) is 0 Å². The van der Waals surface area contributed by atoms with Gasteiger partial charge in [-0.05, 0) is 12.1 Å². The number of hydrogen-bond donors (Lipinski definition) is 0. The summed E-state index contributed by atoms with van der Waals surface area (Å²) in [5.74, 6) is 1.74. The van der Waals surface area contributed by atoms with Crippen LogP contribution < -0.4 is 8.85 Å². The van der Waals surface area contributed by atoms with E-state index in [1.54, 1.807) is 12.4 Å². The molecule has 2 aromatic heterocycles. The van der Waals surface area contributed by atoms with Gasteiger partial charge in [0.1, 0.15) is 11.5 Å². The Hall–Kier alpha value is -1.88. The Kier molecular flexibility index (Phi) is 2.55. The van der Waals surface area contributed by atoms with Gasteiger partial charge in [-0.3, -0.25) is 9.97 Å². The molecule has 0 saturated heterocycles. The third kappa shape index (κ3) is 2.09. The standard InChI is InChI=1S/C13H14N2O2Si/c1-18(2)16-12-3-5-14-8-10(12)7-11-9-15-6-4-13(11)17-18/h3-6,8-9H,7H2,1-2H3. The van der Waals surface area contributed by atoms with Gasteiger partial charge in [0.2, 0.25) is 0 Å². The zero-order chi connectivity index (χ0) is 12.6. The molecule has 0 saturated carbocycles. The van der Waals surface area contributed by atoms with Crippen molar-refractivity contribution in [1.29, 1.82) is 0 Å². The molecule has 0 amide bonds. The number of fused-ring (bicyclic) bond motifs is 2. The second-order valence-corrected chi connectivity index (χ2v) is 7.96. The highest BCUT2D eigenvalue weighted by Gasteiger charge is 2.32. The minimum atomic E-state index is -2.23. The molecule has 0 radical (unpaired) electrons. The van der Waals surface area contributed by atoms with Crippen molar-refractivity contribution >= 4 is 8.56 Å². The second-order valence-electron chi connectivity index (χ2n) is 4.75. The minimum Gasteiger partial charge on any atom is -0.512 e. The Morgan fingerprint density at radius 1 is 0.944 bits per heavy atom. The number of pyridine rings is 2. The van der Waals surface area contributed by atoms with Crippen molar-refractivity contribution < 1.29 is 8.85 Å². The Morgan fingerprint density at radius 2 is 1.44 bits per heavy atom. The van der Waals surface area contributed by atoms with Crippen LogP contribution in [0.2, 0.25) is 13.1 Å². The van der Waals surface area contributed by atoms with Crippen molar-refractivity contribution in [2.24, 2.45) is 0 Å². The second kappa shape index (κ2) is 4.10. The van der Waals surface area contributed by atoms with Crippen molar-refractivity contribution in [3.05, 3.63) is 48.0 Å². The van der Waals surface area contributed by atoms with E-state index in [0.29, 0.717) is 0 Å². The maximum atomic E-state index is 6.04. The monoisotopic (exact) mass is 258 g/mol. The number of aromatic nitrogens is 2. The lowest BCUT2D eigenvalue weighted by Gasteiger charge is -2.29. The molecule has 0 aromatic carbocycles. The Labute approximate surface area is 107 Å². The molecule has 0 bridgehead atoms. The molecule has 1 aliphatic rings. The fourth-order valence-electron chi connectivity index (χ4n) is 2.05. The van der Waals surface area contributed by atoms with Gasteiger partial charge in [0, 0.05) is 55.4 Å². The van der Waals surface area contributed by atoms with Crippen LogP contribution in [0.25, 0.3) is 0 Å². The summed E-state index contributed by atoms with van der Waals surface area (Å²) in [6.45, 7) is 4.07. The fraction of sp³-hybridized carbons (Fsp3) is 0.231. The Bertz CT molecular complexity index is 537. The van der Waals surface area contributed by atoms with Crippen molar-refractivity contribution in [2.45, 2.75) is 19.5 Å². The summed E-state index contributed by atoms with van der Waals surface area (Å²) < 4.78 is 12.1. The average molecular weight is 258 g/mol. The van der Waals surface area contributed by atoms with Crippen LogP contribution in [0.5, 0.6) is 11.5 Å². The van der Waals surface area contributed by atoms with Crippen LogP contribution in [-0.2, 0) is 6.42 Å². The summed E-state index contributed by atoms with van der Waals surface area (Å²) in [6, 6.07) is 3.80. The molecule has 92 valence electrons. The predicted octanol–water partition coefficient (Wildman–Crippen LogP) is 2.54. The Morgan fingerprint density at radius 3 is 1.94 bits per heavy atom. The van der Waals surface area contributed by atoms with Crippen molar-refractivity contribution in [3.63, 3.8) is 0 Å². The highest BCUT2D eigenvalue weighted by molar-refractivity contribution is 6.66. The largest absolute Gasteiger partial charge is 0.512 e. The molecular formula is C13H14N2O2Si.